The molecule has 0 saturated carbocycles. The number of rotatable bonds is 5. The van der Waals surface area contributed by atoms with Crippen LogP contribution in [0, 0.1) is 0 Å². The third-order valence-electron chi connectivity index (χ3n) is 4.08. The first-order valence-electron chi connectivity index (χ1n) is 7.22. The number of nitrogens with one attached hydrogen (secondary N) is 2. The molecule has 0 radical (unpaired) electrons. The third-order valence-corrected chi connectivity index (χ3v) is 4.08. The Kier molecular flexibility index (Phi) is 4.43. The summed E-state index contributed by atoms with van der Waals surface area (Å²) >= 11 is 0. The summed E-state index contributed by atoms with van der Waals surface area (Å²) in [6.07, 6.45) is 1.75. The zero-order valence-electron chi connectivity index (χ0n) is 12.7. The van der Waals surface area contributed by atoms with Gasteiger partial charge in [-0.15, -0.1) is 0 Å². The topological polar surface area (TPSA) is 80.0 Å². The Balaban J connectivity index is 2.47. The van der Waals surface area contributed by atoms with Gasteiger partial charge in [0.05, 0.1) is 11.1 Å². The summed E-state index contributed by atoms with van der Waals surface area (Å²) in [5.74, 6) is 5.82. The van der Waals surface area contributed by atoms with Gasteiger partial charge >= 0.3 is 0 Å². The van der Waals surface area contributed by atoms with Crippen molar-refractivity contribution in [3.63, 3.8) is 0 Å². The molecule has 0 unspecified atom stereocenters. The number of hydrogen-bond donors (Lipinski definition) is 3. The van der Waals surface area contributed by atoms with Crippen LogP contribution in [-0.4, -0.2) is 16.4 Å². The van der Waals surface area contributed by atoms with E-state index in [0.29, 0.717) is 11.4 Å². The maximum atomic E-state index is 12.7. The monoisotopic (exact) mass is 286 g/mol. The molecule has 0 fully saturated rings. The highest BCUT2D eigenvalue weighted by Crippen LogP contribution is 2.22. The molecule has 2 aromatic rings. The van der Waals surface area contributed by atoms with Crippen LogP contribution in [0.25, 0.3) is 10.9 Å². The van der Waals surface area contributed by atoms with Crippen LogP contribution in [0.15, 0.2) is 30.3 Å². The molecule has 5 nitrogen and oxygen atoms in total. The standard InChI is InChI=1S/C16H22N4O/c1-4-16(3,5-2)19-15(21)12-10-14(20-17)18-13-9-7-6-8-11(12)13/h6-10H,4-5,17H2,1-3H3,(H,18,20)(H,19,21). The van der Waals surface area contributed by atoms with Gasteiger partial charge in [0.15, 0.2) is 0 Å². The summed E-state index contributed by atoms with van der Waals surface area (Å²) in [5, 5.41) is 3.94. The van der Waals surface area contributed by atoms with E-state index in [1.54, 1.807) is 6.07 Å². The van der Waals surface area contributed by atoms with E-state index in [1.807, 2.05) is 24.3 Å². The van der Waals surface area contributed by atoms with Crippen molar-refractivity contribution >= 4 is 22.6 Å². The third kappa shape index (κ3) is 3.13. The number of para-hydroxylation sites is 1. The number of pyridine rings is 1. The zero-order valence-corrected chi connectivity index (χ0v) is 12.7. The lowest BCUT2D eigenvalue weighted by atomic mass is 9.94. The summed E-state index contributed by atoms with van der Waals surface area (Å²) in [6, 6.07) is 9.23. The van der Waals surface area contributed by atoms with Crippen molar-refractivity contribution in [3.05, 3.63) is 35.9 Å². The Morgan fingerprint density at radius 3 is 2.57 bits per heavy atom. The van der Waals surface area contributed by atoms with Crippen LogP contribution in [0.5, 0.6) is 0 Å². The van der Waals surface area contributed by atoms with Gasteiger partial charge < -0.3 is 10.7 Å². The van der Waals surface area contributed by atoms with E-state index in [2.05, 4.69) is 36.5 Å². The highest BCUT2D eigenvalue weighted by atomic mass is 16.1. The average molecular weight is 286 g/mol. The molecule has 0 saturated heterocycles. The number of hydrazine groups is 1. The first-order valence-corrected chi connectivity index (χ1v) is 7.22. The number of nitrogens with zero attached hydrogens (tertiary/aromatic N) is 1. The first kappa shape index (κ1) is 15.3. The molecule has 4 N–H and O–H groups in total. The summed E-state index contributed by atoms with van der Waals surface area (Å²) in [4.78, 5) is 17.0. The Morgan fingerprint density at radius 2 is 1.95 bits per heavy atom. The number of carbonyl (C=O) groups is 1. The molecule has 0 bridgehead atoms. The van der Waals surface area contributed by atoms with Crippen molar-refractivity contribution in [1.29, 1.82) is 0 Å². The summed E-state index contributed by atoms with van der Waals surface area (Å²) in [5.41, 5.74) is 3.63. The van der Waals surface area contributed by atoms with Crippen LogP contribution in [0.1, 0.15) is 44.0 Å². The van der Waals surface area contributed by atoms with Gasteiger partial charge in [-0.1, -0.05) is 32.0 Å². The van der Waals surface area contributed by atoms with Crippen molar-refractivity contribution in [3.8, 4) is 0 Å². The molecule has 0 aliphatic rings. The van der Waals surface area contributed by atoms with E-state index >= 15 is 0 Å². The molecule has 0 aliphatic heterocycles. The fourth-order valence-electron chi connectivity index (χ4n) is 2.21. The lowest BCUT2D eigenvalue weighted by Crippen LogP contribution is -2.45. The lowest BCUT2D eigenvalue weighted by Gasteiger charge is -2.28. The molecule has 0 aliphatic carbocycles. The van der Waals surface area contributed by atoms with Gasteiger partial charge in [0, 0.05) is 10.9 Å². The summed E-state index contributed by atoms with van der Waals surface area (Å²) < 4.78 is 0. The zero-order chi connectivity index (χ0) is 15.5. The number of carbonyl (C=O) groups excluding carboxylic acids is 1. The highest BCUT2D eigenvalue weighted by Gasteiger charge is 2.23. The SMILES string of the molecule is CCC(C)(CC)NC(=O)c1cc(NN)nc2ccccc12. The van der Waals surface area contributed by atoms with E-state index in [-0.39, 0.29) is 11.4 Å². The predicted molar refractivity (Wildman–Crippen MR) is 86.0 cm³/mol. The number of fused-ring (bicyclic) bond motifs is 1. The van der Waals surface area contributed by atoms with Crippen LogP contribution in [0.4, 0.5) is 5.82 Å². The summed E-state index contributed by atoms with van der Waals surface area (Å²) in [6.45, 7) is 6.19. The molecule has 0 spiro atoms. The minimum Gasteiger partial charge on any atom is -0.347 e. The fraction of sp³-hybridized carbons (Fsp3) is 0.375. The van der Waals surface area contributed by atoms with Gasteiger partial charge in [0.25, 0.3) is 5.91 Å². The van der Waals surface area contributed by atoms with Crippen molar-refractivity contribution in [2.75, 3.05) is 5.43 Å². The second-order valence-electron chi connectivity index (χ2n) is 5.44. The minimum atomic E-state index is -0.211. The van der Waals surface area contributed by atoms with Gasteiger partial charge in [-0.2, -0.15) is 0 Å². The van der Waals surface area contributed by atoms with E-state index in [4.69, 9.17) is 5.84 Å². The van der Waals surface area contributed by atoms with Gasteiger partial charge in [0.1, 0.15) is 5.82 Å². The Hall–Kier alpha value is -2.14. The lowest BCUT2D eigenvalue weighted by molar-refractivity contribution is 0.0903. The van der Waals surface area contributed by atoms with Crippen molar-refractivity contribution in [1.82, 2.24) is 10.3 Å². The number of benzene rings is 1. The minimum absolute atomic E-state index is 0.101. The van der Waals surface area contributed by atoms with Crippen molar-refractivity contribution in [2.24, 2.45) is 5.84 Å². The molecule has 1 heterocycles. The second-order valence-corrected chi connectivity index (χ2v) is 5.44. The van der Waals surface area contributed by atoms with E-state index in [1.165, 1.54) is 0 Å². The number of anilines is 1. The average Bonchev–Trinajstić information content (AvgIpc) is 2.53. The Labute approximate surface area is 124 Å². The number of aromatic nitrogens is 1. The van der Waals surface area contributed by atoms with Crippen LogP contribution in [0.2, 0.25) is 0 Å². The number of amides is 1. The molecule has 1 amide bonds. The molecule has 1 aromatic heterocycles. The van der Waals surface area contributed by atoms with Gasteiger partial charge in [-0.3, -0.25) is 4.79 Å². The number of hydrogen-bond acceptors (Lipinski definition) is 4. The molecule has 0 atom stereocenters. The quantitative estimate of drug-likeness (QED) is 0.583. The second kappa shape index (κ2) is 6.10. The van der Waals surface area contributed by atoms with Gasteiger partial charge in [-0.25, -0.2) is 10.8 Å². The number of nitrogen functional groups attached to an aromatic ring is 1. The molecule has 112 valence electrons. The maximum Gasteiger partial charge on any atom is 0.252 e. The van der Waals surface area contributed by atoms with Crippen molar-refractivity contribution < 1.29 is 4.79 Å². The van der Waals surface area contributed by atoms with E-state index in [9.17, 15) is 4.79 Å². The molecule has 2 rings (SSSR count). The Morgan fingerprint density at radius 1 is 1.29 bits per heavy atom. The molecular weight excluding hydrogens is 264 g/mol. The summed E-state index contributed by atoms with van der Waals surface area (Å²) in [7, 11) is 0. The van der Waals surface area contributed by atoms with Crippen LogP contribution in [-0.2, 0) is 0 Å². The van der Waals surface area contributed by atoms with Crippen LogP contribution in [0.3, 0.4) is 0 Å². The molecular formula is C16H22N4O. The largest absolute Gasteiger partial charge is 0.347 e. The molecule has 21 heavy (non-hydrogen) atoms. The van der Waals surface area contributed by atoms with Gasteiger partial charge in [0.2, 0.25) is 0 Å². The van der Waals surface area contributed by atoms with Gasteiger partial charge in [-0.05, 0) is 31.9 Å². The van der Waals surface area contributed by atoms with Crippen LogP contribution >= 0.6 is 0 Å². The van der Waals surface area contributed by atoms with E-state index < -0.39 is 0 Å². The smallest absolute Gasteiger partial charge is 0.252 e. The number of nitrogens with two attached hydrogens (primary N) is 1. The van der Waals surface area contributed by atoms with E-state index in [0.717, 1.165) is 23.7 Å². The first-order chi connectivity index (χ1) is 10.0. The molecule has 1 aromatic carbocycles. The van der Waals surface area contributed by atoms with Crippen molar-refractivity contribution in [2.45, 2.75) is 39.2 Å². The predicted octanol–water partition coefficient (Wildman–Crippen LogP) is 2.83. The highest BCUT2D eigenvalue weighted by molar-refractivity contribution is 6.07. The maximum absolute atomic E-state index is 12.7. The van der Waals surface area contributed by atoms with Crippen LogP contribution < -0.4 is 16.6 Å². The Bertz CT molecular complexity index is 650. The normalized spacial score (nSPS) is 11.4. The molecule has 5 heteroatoms. The fourth-order valence-corrected chi connectivity index (χ4v) is 2.21.